The van der Waals surface area contributed by atoms with Crippen LogP contribution in [0.15, 0.2) is 102 Å². The quantitative estimate of drug-likeness (QED) is 0.519. The molecule has 5 rings (SSSR count). The number of methoxy groups -OCH3 is 1. The summed E-state index contributed by atoms with van der Waals surface area (Å²) < 4.78 is 11.7. The molecule has 1 aliphatic carbocycles. The molecular weight excluding hydrogens is 472 g/mol. The molecule has 2 aromatic carbocycles. The summed E-state index contributed by atoms with van der Waals surface area (Å²) in [5, 5.41) is 8.90. The fraction of sp³-hybridized carbons (Fsp3) is 0.344. The molecule has 1 saturated heterocycles. The van der Waals surface area contributed by atoms with E-state index in [9.17, 15) is 0 Å². The highest BCUT2D eigenvalue weighted by molar-refractivity contribution is 6.14. The Hall–Kier alpha value is -3.61. The van der Waals surface area contributed by atoms with Crippen LogP contribution >= 0.6 is 0 Å². The molecule has 2 aliphatic heterocycles. The van der Waals surface area contributed by atoms with Crippen LogP contribution in [0.25, 0.3) is 0 Å². The van der Waals surface area contributed by atoms with E-state index in [1.807, 2.05) is 38.1 Å². The zero-order valence-electron chi connectivity index (χ0n) is 23.0. The van der Waals surface area contributed by atoms with Gasteiger partial charge in [0.15, 0.2) is 5.76 Å². The molecule has 0 saturated carbocycles. The molecule has 200 valence electrons. The Morgan fingerprint density at radius 2 is 1.66 bits per heavy atom. The third-order valence-electron chi connectivity index (χ3n) is 6.99. The number of rotatable bonds is 7. The van der Waals surface area contributed by atoms with Crippen molar-refractivity contribution in [3.63, 3.8) is 0 Å². The van der Waals surface area contributed by atoms with Gasteiger partial charge >= 0.3 is 0 Å². The van der Waals surface area contributed by atoms with E-state index in [-0.39, 0.29) is 0 Å². The molecular formula is C32H40N4O2. The highest BCUT2D eigenvalue weighted by Gasteiger charge is 2.30. The molecule has 0 atom stereocenters. The Labute approximate surface area is 227 Å². The Morgan fingerprint density at radius 3 is 2.37 bits per heavy atom. The van der Waals surface area contributed by atoms with Crippen molar-refractivity contribution in [3.05, 3.63) is 107 Å². The first kappa shape index (κ1) is 27.4. The van der Waals surface area contributed by atoms with Crippen molar-refractivity contribution in [1.29, 1.82) is 5.41 Å². The van der Waals surface area contributed by atoms with Gasteiger partial charge in [0.1, 0.15) is 18.2 Å². The van der Waals surface area contributed by atoms with Crippen molar-refractivity contribution in [3.8, 4) is 5.75 Å². The number of nitrogens with one attached hydrogen (secondary N) is 1. The molecule has 1 N–H and O–H groups in total. The molecule has 1 fully saturated rings. The largest absolute Gasteiger partial charge is 0.495 e. The third-order valence-corrected chi connectivity index (χ3v) is 6.99. The molecule has 0 amide bonds. The maximum atomic E-state index is 8.90. The summed E-state index contributed by atoms with van der Waals surface area (Å²) in [5.74, 6) is 1.62. The lowest BCUT2D eigenvalue weighted by Crippen LogP contribution is -2.47. The highest BCUT2D eigenvalue weighted by atomic mass is 16.5. The lowest BCUT2D eigenvalue weighted by molar-refractivity contribution is 0.0626. The van der Waals surface area contributed by atoms with E-state index in [2.05, 4.69) is 63.8 Å². The van der Waals surface area contributed by atoms with Crippen molar-refractivity contribution < 1.29 is 9.47 Å². The van der Waals surface area contributed by atoms with Gasteiger partial charge in [-0.25, -0.2) is 0 Å². The normalized spacial score (nSPS) is 19.2. The van der Waals surface area contributed by atoms with Crippen LogP contribution in [0, 0.1) is 5.41 Å². The third kappa shape index (κ3) is 6.26. The number of para-hydroxylation sites is 2. The molecule has 0 aromatic heterocycles. The van der Waals surface area contributed by atoms with Crippen LogP contribution in [0.2, 0.25) is 0 Å². The summed E-state index contributed by atoms with van der Waals surface area (Å²) in [6, 6.07) is 18.7. The number of anilines is 1. The number of nitrogens with zero attached hydrogens (tertiary/aromatic N) is 3. The van der Waals surface area contributed by atoms with E-state index < -0.39 is 0 Å². The van der Waals surface area contributed by atoms with Crippen molar-refractivity contribution in [2.24, 2.45) is 0 Å². The second kappa shape index (κ2) is 13.3. The molecule has 0 bridgehead atoms. The van der Waals surface area contributed by atoms with E-state index >= 15 is 0 Å². The first-order valence-electron chi connectivity index (χ1n) is 13.5. The number of ether oxygens (including phenoxy) is 2. The van der Waals surface area contributed by atoms with Gasteiger partial charge in [0, 0.05) is 57.0 Å². The highest BCUT2D eigenvalue weighted by Crippen LogP contribution is 2.32. The Kier molecular flexibility index (Phi) is 9.57. The van der Waals surface area contributed by atoms with Crippen LogP contribution in [0.4, 0.5) is 5.69 Å². The summed E-state index contributed by atoms with van der Waals surface area (Å²) in [4.78, 5) is 7.15. The first-order chi connectivity index (χ1) is 18.7. The van der Waals surface area contributed by atoms with Gasteiger partial charge < -0.3 is 14.4 Å². The van der Waals surface area contributed by atoms with Crippen LogP contribution in [0.5, 0.6) is 5.75 Å². The topological polar surface area (TPSA) is 52.0 Å². The summed E-state index contributed by atoms with van der Waals surface area (Å²) >= 11 is 0. The fourth-order valence-corrected chi connectivity index (χ4v) is 5.18. The number of benzene rings is 2. The Morgan fingerprint density at radius 1 is 0.947 bits per heavy atom. The molecule has 0 spiro atoms. The van der Waals surface area contributed by atoms with Gasteiger partial charge in [-0.1, -0.05) is 75.0 Å². The number of hydrogen-bond acceptors (Lipinski definition) is 6. The maximum Gasteiger partial charge on any atom is 0.151 e. The van der Waals surface area contributed by atoms with Gasteiger partial charge in [0.05, 0.1) is 12.8 Å². The van der Waals surface area contributed by atoms with E-state index in [4.69, 9.17) is 14.9 Å². The smallest absolute Gasteiger partial charge is 0.151 e. The maximum absolute atomic E-state index is 8.90. The van der Waals surface area contributed by atoms with Crippen LogP contribution < -0.4 is 9.64 Å². The number of piperazine rings is 1. The summed E-state index contributed by atoms with van der Waals surface area (Å²) in [6.45, 7) is 14.6. The summed E-state index contributed by atoms with van der Waals surface area (Å²) in [7, 11) is 1.73. The second-order valence-electron chi connectivity index (χ2n) is 9.40. The van der Waals surface area contributed by atoms with Crippen molar-refractivity contribution in [1.82, 2.24) is 9.80 Å². The minimum atomic E-state index is 0.467. The van der Waals surface area contributed by atoms with Gasteiger partial charge in [0.25, 0.3) is 0 Å². The monoisotopic (exact) mass is 512 g/mol. The zero-order valence-corrected chi connectivity index (χ0v) is 23.0. The molecule has 3 aliphatic rings. The molecule has 38 heavy (non-hydrogen) atoms. The van der Waals surface area contributed by atoms with E-state index in [1.54, 1.807) is 13.2 Å². The average molecular weight is 513 g/mol. The van der Waals surface area contributed by atoms with Crippen LogP contribution in [-0.2, 0) is 11.3 Å². The SMILES string of the molecule is C=C/C=C1\C(=N)C2=C(C=C1CN1CCN(c3ccccc3OC)CC1)CN(Cc1ccccc1)CO2.CC. The minimum absolute atomic E-state index is 0.467. The molecule has 0 radical (unpaired) electrons. The molecule has 2 heterocycles. The van der Waals surface area contributed by atoms with Crippen molar-refractivity contribution in [2.75, 3.05) is 58.0 Å². The van der Waals surface area contributed by atoms with E-state index in [0.29, 0.717) is 18.2 Å². The van der Waals surface area contributed by atoms with Crippen molar-refractivity contribution in [2.45, 2.75) is 20.4 Å². The second-order valence-corrected chi connectivity index (χ2v) is 9.40. The predicted molar refractivity (Wildman–Crippen MR) is 157 cm³/mol. The van der Waals surface area contributed by atoms with E-state index in [0.717, 1.165) is 74.0 Å². The summed E-state index contributed by atoms with van der Waals surface area (Å²) in [5.41, 5.74) is 6.04. The molecule has 6 nitrogen and oxygen atoms in total. The van der Waals surface area contributed by atoms with Gasteiger partial charge in [-0.05, 0) is 29.3 Å². The van der Waals surface area contributed by atoms with Gasteiger partial charge in [-0.15, -0.1) is 0 Å². The van der Waals surface area contributed by atoms with Gasteiger partial charge in [-0.2, -0.15) is 0 Å². The molecule has 6 heteroatoms. The minimum Gasteiger partial charge on any atom is -0.495 e. The first-order valence-corrected chi connectivity index (χ1v) is 13.5. The van der Waals surface area contributed by atoms with Crippen molar-refractivity contribution >= 4 is 11.4 Å². The predicted octanol–water partition coefficient (Wildman–Crippen LogP) is 5.66. The lowest BCUT2D eigenvalue weighted by atomic mass is 9.89. The summed E-state index contributed by atoms with van der Waals surface area (Å²) in [6.07, 6.45) is 5.96. The fourth-order valence-electron chi connectivity index (χ4n) is 5.18. The van der Waals surface area contributed by atoms with Gasteiger partial charge in [0.2, 0.25) is 0 Å². The molecule has 2 aromatic rings. The number of hydrogen-bond donors (Lipinski definition) is 1. The molecule has 0 unspecified atom stereocenters. The van der Waals surface area contributed by atoms with Crippen LogP contribution in [0.3, 0.4) is 0 Å². The van der Waals surface area contributed by atoms with Crippen LogP contribution in [-0.4, -0.2) is 68.6 Å². The Bertz CT molecular complexity index is 1210. The Balaban J connectivity index is 0.00000164. The zero-order chi connectivity index (χ0) is 26.9. The van der Waals surface area contributed by atoms with Crippen LogP contribution in [0.1, 0.15) is 19.4 Å². The standard InChI is InChI=1S/C30H34N4O2.C2H6/c1-3-9-26-24(20-32-14-16-34(17-15-32)27-12-7-8-13-28(27)35-2)18-25-21-33(22-36-30(25)29(26)31)19-23-10-5-4-6-11-23;1-2/h3-13,18,31H,1,14-17,19-22H2,2H3;1-2H3/b26-9-,31-29?;. The average Bonchev–Trinajstić information content (AvgIpc) is 2.97. The number of allylic oxidation sites excluding steroid dienone is 3. The van der Waals surface area contributed by atoms with Gasteiger partial charge in [-0.3, -0.25) is 15.2 Å². The van der Waals surface area contributed by atoms with E-state index in [1.165, 1.54) is 5.56 Å². The lowest BCUT2D eigenvalue weighted by Gasteiger charge is -2.38.